The molecule has 1 aromatic heterocycles. The topological polar surface area (TPSA) is 46.0 Å². The second-order valence-electron chi connectivity index (χ2n) is 3.84. The van der Waals surface area contributed by atoms with Crippen LogP contribution in [0.4, 0.5) is 0 Å². The van der Waals surface area contributed by atoms with Crippen LogP contribution >= 0.6 is 23.3 Å². The van der Waals surface area contributed by atoms with E-state index in [1.165, 1.54) is 18.0 Å². The van der Waals surface area contributed by atoms with E-state index in [0.29, 0.717) is 5.25 Å². The molecular weight excluding hydrogens is 228 g/mol. The zero-order valence-electron chi connectivity index (χ0n) is 8.85. The van der Waals surface area contributed by atoms with Crippen molar-refractivity contribution in [3.63, 3.8) is 0 Å². The lowest BCUT2D eigenvalue weighted by Gasteiger charge is -2.25. The van der Waals surface area contributed by atoms with Gasteiger partial charge in [-0.3, -0.25) is 0 Å². The van der Waals surface area contributed by atoms with E-state index < -0.39 is 0 Å². The van der Waals surface area contributed by atoms with Crippen molar-refractivity contribution >= 4 is 23.3 Å². The number of hydrogen-bond donors (Lipinski definition) is 1. The molecule has 84 valence electrons. The third kappa shape index (κ3) is 2.92. The highest BCUT2D eigenvalue weighted by molar-refractivity contribution is 8.01. The number of aliphatic hydroxyl groups is 1. The molecule has 2 atom stereocenters. The highest BCUT2D eigenvalue weighted by Gasteiger charge is 2.25. The fraction of sp³-hybridized carbons (Fsp3) is 0.800. The molecule has 0 aromatic carbocycles. The van der Waals surface area contributed by atoms with E-state index in [-0.39, 0.29) is 6.10 Å². The van der Waals surface area contributed by atoms with Crippen LogP contribution in [0.3, 0.4) is 0 Å². The Kier molecular flexibility index (Phi) is 3.99. The summed E-state index contributed by atoms with van der Waals surface area (Å²) in [6.45, 7) is 2.06. The van der Waals surface area contributed by atoms with Crippen LogP contribution in [0.2, 0.25) is 0 Å². The van der Waals surface area contributed by atoms with Gasteiger partial charge in [-0.1, -0.05) is 31.5 Å². The van der Waals surface area contributed by atoms with Gasteiger partial charge in [0.1, 0.15) is 5.82 Å². The van der Waals surface area contributed by atoms with Crippen molar-refractivity contribution in [2.45, 2.75) is 54.7 Å². The lowest BCUT2D eigenvalue weighted by Crippen LogP contribution is -2.26. The summed E-state index contributed by atoms with van der Waals surface area (Å²) in [7, 11) is 0. The smallest absolute Gasteiger partial charge is 0.170 e. The summed E-state index contributed by atoms with van der Waals surface area (Å²) < 4.78 is 5.27. The molecule has 15 heavy (non-hydrogen) atoms. The minimum Gasteiger partial charge on any atom is -0.392 e. The maximum absolute atomic E-state index is 9.83. The molecule has 0 unspecified atom stereocenters. The number of nitrogens with zero attached hydrogens (tertiary/aromatic N) is 2. The SMILES string of the molecule is CCc1nsc(S[C@@H]2CCCC[C@H]2O)n1. The van der Waals surface area contributed by atoms with Gasteiger partial charge < -0.3 is 5.11 Å². The second-order valence-corrected chi connectivity index (χ2v) is 6.08. The first-order chi connectivity index (χ1) is 7.29. The van der Waals surface area contributed by atoms with Gasteiger partial charge in [0.15, 0.2) is 4.34 Å². The average molecular weight is 244 g/mol. The fourth-order valence-corrected chi connectivity index (χ4v) is 3.92. The highest BCUT2D eigenvalue weighted by Crippen LogP contribution is 2.34. The minimum atomic E-state index is -0.155. The Morgan fingerprint density at radius 2 is 2.27 bits per heavy atom. The maximum Gasteiger partial charge on any atom is 0.170 e. The zero-order chi connectivity index (χ0) is 10.7. The molecule has 1 aliphatic rings. The van der Waals surface area contributed by atoms with Gasteiger partial charge >= 0.3 is 0 Å². The molecule has 0 bridgehead atoms. The van der Waals surface area contributed by atoms with E-state index >= 15 is 0 Å². The van der Waals surface area contributed by atoms with Crippen molar-refractivity contribution in [2.75, 3.05) is 0 Å². The van der Waals surface area contributed by atoms with Crippen molar-refractivity contribution in [1.29, 1.82) is 0 Å². The van der Waals surface area contributed by atoms with Crippen LogP contribution in [0.1, 0.15) is 38.4 Å². The number of hydrogen-bond acceptors (Lipinski definition) is 5. The summed E-state index contributed by atoms with van der Waals surface area (Å²) in [5.74, 6) is 0.924. The first kappa shape index (κ1) is 11.4. The Hall–Kier alpha value is -0.130. The van der Waals surface area contributed by atoms with Crippen molar-refractivity contribution in [1.82, 2.24) is 9.36 Å². The molecule has 0 amide bonds. The molecule has 1 aromatic rings. The molecule has 1 N–H and O–H groups in total. The summed E-state index contributed by atoms with van der Waals surface area (Å²) in [6, 6.07) is 0. The van der Waals surface area contributed by atoms with E-state index in [1.807, 2.05) is 0 Å². The van der Waals surface area contributed by atoms with Crippen LogP contribution in [-0.2, 0) is 6.42 Å². The molecule has 0 saturated heterocycles. The largest absolute Gasteiger partial charge is 0.392 e. The summed E-state index contributed by atoms with van der Waals surface area (Å²) in [5.41, 5.74) is 0. The minimum absolute atomic E-state index is 0.155. The first-order valence-electron chi connectivity index (χ1n) is 5.47. The Balaban J connectivity index is 1.95. The van der Waals surface area contributed by atoms with Crippen molar-refractivity contribution in [3.05, 3.63) is 5.82 Å². The quantitative estimate of drug-likeness (QED) is 0.887. The van der Waals surface area contributed by atoms with Gasteiger partial charge in [-0.2, -0.15) is 4.37 Å². The molecule has 1 fully saturated rings. The predicted molar refractivity (Wildman–Crippen MR) is 63.4 cm³/mol. The molecule has 1 saturated carbocycles. The van der Waals surface area contributed by atoms with Gasteiger partial charge in [-0.25, -0.2) is 4.98 Å². The van der Waals surface area contributed by atoms with Crippen LogP contribution in [-0.4, -0.2) is 25.8 Å². The highest BCUT2D eigenvalue weighted by atomic mass is 32.2. The third-order valence-corrected chi connectivity index (χ3v) is 4.89. The second kappa shape index (κ2) is 5.27. The van der Waals surface area contributed by atoms with Gasteiger partial charge in [0.25, 0.3) is 0 Å². The summed E-state index contributed by atoms with van der Waals surface area (Å²) >= 11 is 3.16. The standard InChI is InChI=1S/C10H16N2OS2/c1-2-9-11-10(15-12-9)14-8-6-4-3-5-7(8)13/h7-8,13H,2-6H2,1H3/t7-,8-/m1/s1. The first-order valence-corrected chi connectivity index (χ1v) is 7.12. The summed E-state index contributed by atoms with van der Waals surface area (Å²) in [5, 5.41) is 10.2. The van der Waals surface area contributed by atoms with Crippen molar-refractivity contribution in [2.24, 2.45) is 0 Å². The molecule has 1 heterocycles. The molecule has 1 aliphatic carbocycles. The molecule has 5 heteroatoms. The Bertz CT molecular complexity index is 316. The molecular formula is C10H16N2OS2. The monoisotopic (exact) mass is 244 g/mol. The van der Waals surface area contributed by atoms with Crippen LogP contribution < -0.4 is 0 Å². The van der Waals surface area contributed by atoms with Crippen molar-refractivity contribution < 1.29 is 5.11 Å². The zero-order valence-corrected chi connectivity index (χ0v) is 10.5. The van der Waals surface area contributed by atoms with E-state index in [2.05, 4.69) is 16.3 Å². The van der Waals surface area contributed by atoms with E-state index in [1.54, 1.807) is 11.8 Å². The molecule has 0 radical (unpaired) electrons. The summed E-state index contributed by atoms with van der Waals surface area (Å²) in [4.78, 5) is 4.42. The van der Waals surface area contributed by atoms with Gasteiger partial charge in [0.2, 0.25) is 0 Å². The number of aryl methyl sites for hydroxylation is 1. The van der Waals surface area contributed by atoms with Gasteiger partial charge in [-0.05, 0) is 24.4 Å². The molecule has 2 rings (SSSR count). The normalized spacial score (nSPS) is 26.8. The van der Waals surface area contributed by atoms with Crippen molar-refractivity contribution in [3.8, 4) is 0 Å². The lowest BCUT2D eigenvalue weighted by atomic mass is 9.97. The van der Waals surface area contributed by atoms with Crippen LogP contribution in [0, 0.1) is 0 Å². The summed E-state index contributed by atoms with van der Waals surface area (Å²) in [6.07, 6.45) is 5.18. The van der Waals surface area contributed by atoms with E-state index in [0.717, 1.165) is 35.8 Å². The Morgan fingerprint density at radius 3 is 2.93 bits per heavy atom. The van der Waals surface area contributed by atoms with Crippen LogP contribution in [0.25, 0.3) is 0 Å². The Labute approximate surface area is 98.5 Å². The number of rotatable bonds is 3. The number of aromatic nitrogens is 2. The average Bonchev–Trinajstić information content (AvgIpc) is 2.69. The van der Waals surface area contributed by atoms with Crippen LogP contribution in [0.15, 0.2) is 4.34 Å². The maximum atomic E-state index is 9.83. The third-order valence-electron chi connectivity index (χ3n) is 2.69. The van der Waals surface area contributed by atoms with Gasteiger partial charge in [-0.15, -0.1) is 0 Å². The number of thioether (sulfide) groups is 1. The molecule has 3 nitrogen and oxygen atoms in total. The molecule has 0 spiro atoms. The Morgan fingerprint density at radius 1 is 1.47 bits per heavy atom. The van der Waals surface area contributed by atoms with Gasteiger partial charge in [0, 0.05) is 11.7 Å². The number of aliphatic hydroxyl groups excluding tert-OH is 1. The predicted octanol–water partition coefficient (Wildman–Crippen LogP) is 2.50. The lowest BCUT2D eigenvalue weighted by molar-refractivity contribution is 0.137. The molecule has 0 aliphatic heterocycles. The van der Waals surface area contributed by atoms with Crippen LogP contribution in [0.5, 0.6) is 0 Å². The van der Waals surface area contributed by atoms with E-state index in [4.69, 9.17) is 0 Å². The van der Waals surface area contributed by atoms with E-state index in [9.17, 15) is 5.11 Å². The fourth-order valence-electron chi connectivity index (χ4n) is 1.77. The van der Waals surface area contributed by atoms with Gasteiger partial charge in [0.05, 0.1) is 6.10 Å².